The summed E-state index contributed by atoms with van der Waals surface area (Å²) in [6.07, 6.45) is 1.74. The van der Waals surface area contributed by atoms with E-state index in [2.05, 4.69) is 21.2 Å². The Morgan fingerprint density at radius 1 is 1.12 bits per heavy atom. The van der Waals surface area contributed by atoms with Gasteiger partial charge in [-0.2, -0.15) is 0 Å². The molecular formula is C22H20B4FN3O2. The molecule has 0 saturated carbocycles. The number of piperidine rings is 1. The molecule has 10 heteroatoms. The van der Waals surface area contributed by atoms with Gasteiger partial charge in [0.2, 0.25) is 5.91 Å². The van der Waals surface area contributed by atoms with Gasteiger partial charge < -0.3 is 19.9 Å². The highest BCUT2D eigenvalue weighted by atomic mass is 19.1. The van der Waals surface area contributed by atoms with Crippen molar-refractivity contribution in [1.29, 1.82) is 0 Å². The molecule has 8 radical (unpaired) electrons. The number of carbonyl (C=O) groups is 1. The second kappa shape index (κ2) is 8.22. The van der Waals surface area contributed by atoms with Gasteiger partial charge in [-0.3, -0.25) is 4.79 Å². The van der Waals surface area contributed by atoms with E-state index in [-0.39, 0.29) is 33.5 Å². The fourth-order valence-electron chi connectivity index (χ4n) is 5.27. The van der Waals surface area contributed by atoms with Crippen LogP contribution < -0.4 is 36.8 Å². The first-order valence-corrected chi connectivity index (χ1v) is 10.8. The van der Waals surface area contributed by atoms with Crippen LogP contribution in [0.15, 0.2) is 18.2 Å². The maximum Gasteiger partial charge on any atom is 0.243 e. The highest BCUT2D eigenvalue weighted by Crippen LogP contribution is 2.49. The molecule has 0 spiro atoms. The number of likely N-dealkylation sites (tertiary alicyclic amines) is 1. The van der Waals surface area contributed by atoms with Crippen molar-refractivity contribution in [3.8, 4) is 5.75 Å². The van der Waals surface area contributed by atoms with E-state index in [0.29, 0.717) is 25.1 Å². The Labute approximate surface area is 192 Å². The molecule has 154 valence electrons. The lowest BCUT2D eigenvalue weighted by Crippen LogP contribution is -2.49. The van der Waals surface area contributed by atoms with Crippen molar-refractivity contribution in [3.05, 3.63) is 29.6 Å². The number of anilines is 2. The number of hydrogen-bond donors (Lipinski definition) is 1. The molecule has 1 amide bonds. The second-order valence-corrected chi connectivity index (χ2v) is 8.68. The van der Waals surface area contributed by atoms with Crippen LogP contribution in [0, 0.1) is 5.82 Å². The summed E-state index contributed by atoms with van der Waals surface area (Å²) in [5, 5.41) is 3.00. The molecule has 1 fully saturated rings. The van der Waals surface area contributed by atoms with E-state index in [9.17, 15) is 9.18 Å². The maximum absolute atomic E-state index is 13.9. The van der Waals surface area contributed by atoms with Gasteiger partial charge in [0.05, 0.1) is 24.5 Å². The fraction of sp³-hybridized carbons (Fsp3) is 0.409. The predicted molar refractivity (Wildman–Crippen MR) is 128 cm³/mol. The standard InChI is InChI=1S/C22H20B4FN3O2/c23-16-18(25)22(19(26)17(24)20(16)27)32-8-2-6-29-7-5-14-12(9-29)11-3-1-4-13-21(11)30(14)10-15(31)28-13/h1,3-4,12,14H,2,5-10H2,(H,28,31)/t12-,14?/m0/s1. The number of amides is 1. The Balaban J connectivity index is 1.22. The van der Waals surface area contributed by atoms with E-state index in [0.717, 1.165) is 38.2 Å². The van der Waals surface area contributed by atoms with Crippen molar-refractivity contribution in [2.45, 2.75) is 24.8 Å². The number of para-hydroxylation sites is 1. The minimum atomic E-state index is -0.815. The van der Waals surface area contributed by atoms with E-state index in [1.165, 1.54) is 11.3 Å². The number of nitrogens with one attached hydrogen (secondary N) is 1. The van der Waals surface area contributed by atoms with Crippen LogP contribution in [-0.2, 0) is 4.79 Å². The summed E-state index contributed by atoms with van der Waals surface area (Å²) in [4.78, 5) is 16.8. The van der Waals surface area contributed by atoms with Crippen molar-refractivity contribution in [2.75, 3.05) is 43.0 Å². The Morgan fingerprint density at radius 3 is 2.62 bits per heavy atom. The van der Waals surface area contributed by atoms with Crippen molar-refractivity contribution < 1.29 is 13.9 Å². The summed E-state index contributed by atoms with van der Waals surface area (Å²) in [7, 11) is 23.0. The monoisotopic (exact) mass is 421 g/mol. The van der Waals surface area contributed by atoms with E-state index < -0.39 is 5.82 Å². The fourth-order valence-corrected chi connectivity index (χ4v) is 5.27. The third-order valence-corrected chi connectivity index (χ3v) is 6.81. The number of rotatable bonds is 5. The van der Waals surface area contributed by atoms with E-state index in [4.69, 9.17) is 36.1 Å². The predicted octanol–water partition coefficient (Wildman–Crippen LogP) is -1.60. The minimum absolute atomic E-state index is 0.0258. The minimum Gasteiger partial charge on any atom is -0.495 e. The molecule has 0 bridgehead atoms. The van der Waals surface area contributed by atoms with E-state index in [1.54, 1.807) is 0 Å². The first-order chi connectivity index (χ1) is 15.4. The first kappa shape index (κ1) is 21.5. The molecule has 5 rings (SSSR count). The van der Waals surface area contributed by atoms with Gasteiger partial charge in [-0.25, -0.2) is 4.39 Å². The van der Waals surface area contributed by atoms with Gasteiger partial charge in [0.15, 0.2) is 0 Å². The zero-order chi connectivity index (χ0) is 22.6. The lowest BCUT2D eigenvalue weighted by atomic mass is 9.69. The Morgan fingerprint density at radius 2 is 1.88 bits per heavy atom. The van der Waals surface area contributed by atoms with Crippen molar-refractivity contribution in [1.82, 2.24) is 4.90 Å². The van der Waals surface area contributed by atoms with Crippen LogP contribution >= 0.6 is 0 Å². The third kappa shape index (κ3) is 3.43. The average Bonchev–Trinajstić information content (AvgIpc) is 3.10. The molecule has 2 aromatic rings. The molecule has 3 aliphatic rings. The largest absolute Gasteiger partial charge is 0.495 e. The number of hydrogen-bond acceptors (Lipinski definition) is 4. The summed E-state index contributed by atoms with van der Waals surface area (Å²) in [6.45, 7) is 3.48. The molecule has 5 nitrogen and oxygen atoms in total. The average molecular weight is 421 g/mol. The zero-order valence-electron chi connectivity index (χ0n) is 17.7. The van der Waals surface area contributed by atoms with Gasteiger partial charge in [-0.1, -0.05) is 34.0 Å². The number of carbonyl (C=O) groups excluding carboxylic acids is 1. The van der Waals surface area contributed by atoms with Crippen LogP contribution in [0.3, 0.4) is 0 Å². The summed E-state index contributed by atoms with van der Waals surface area (Å²) >= 11 is 0. The molecule has 0 aromatic heterocycles. The highest BCUT2D eigenvalue weighted by Gasteiger charge is 2.45. The third-order valence-electron chi connectivity index (χ3n) is 6.81. The molecule has 32 heavy (non-hydrogen) atoms. The van der Waals surface area contributed by atoms with E-state index in [1.807, 2.05) is 12.1 Å². The lowest BCUT2D eigenvalue weighted by molar-refractivity contribution is -0.115. The van der Waals surface area contributed by atoms with Crippen molar-refractivity contribution in [3.63, 3.8) is 0 Å². The number of fused-ring (bicyclic) bond motifs is 3. The summed E-state index contributed by atoms with van der Waals surface area (Å²) < 4.78 is 19.6. The topological polar surface area (TPSA) is 44.8 Å². The first-order valence-electron chi connectivity index (χ1n) is 10.8. The summed E-state index contributed by atoms with van der Waals surface area (Å²) in [5.74, 6) is -0.250. The Kier molecular flexibility index (Phi) is 5.52. The summed E-state index contributed by atoms with van der Waals surface area (Å²) in [6, 6.07) is 6.52. The molecule has 0 aliphatic carbocycles. The lowest BCUT2D eigenvalue weighted by Gasteiger charge is -2.39. The molecule has 2 aromatic carbocycles. The number of nitrogens with zero attached hydrogens (tertiary/aromatic N) is 2. The SMILES string of the molecule is [B]c1c([B])c(OCCCN2CCC3[C@@H](C2)c2cccc4c2N3CC(=O)N4)c([B])c([B])c1F. The quantitative estimate of drug-likeness (QED) is 0.468. The number of benzene rings is 2. The number of ether oxygens (including phenoxy) is 1. The number of halogens is 1. The van der Waals surface area contributed by atoms with Crippen molar-refractivity contribution >= 4 is 70.5 Å². The normalized spacial score (nSPS) is 21.8. The molecule has 3 aliphatic heterocycles. The van der Waals surface area contributed by atoms with Gasteiger partial charge in [0.25, 0.3) is 0 Å². The van der Waals surface area contributed by atoms with Gasteiger partial charge >= 0.3 is 0 Å². The Hall–Kier alpha value is -2.34. The van der Waals surface area contributed by atoms with Crippen LogP contribution in [0.5, 0.6) is 5.75 Å². The van der Waals surface area contributed by atoms with Crippen LogP contribution in [0.25, 0.3) is 0 Å². The van der Waals surface area contributed by atoms with Crippen LogP contribution in [-0.4, -0.2) is 81.0 Å². The van der Waals surface area contributed by atoms with E-state index >= 15 is 0 Å². The smallest absolute Gasteiger partial charge is 0.243 e. The molecule has 1 saturated heterocycles. The zero-order valence-corrected chi connectivity index (χ0v) is 17.7. The molecule has 2 atom stereocenters. The van der Waals surface area contributed by atoms with Crippen LogP contribution in [0.4, 0.5) is 15.8 Å². The highest BCUT2D eigenvalue weighted by molar-refractivity contribution is 6.57. The van der Waals surface area contributed by atoms with Gasteiger partial charge in [0.1, 0.15) is 43.0 Å². The Bertz CT molecular complexity index is 1070. The maximum atomic E-state index is 13.9. The van der Waals surface area contributed by atoms with Crippen LogP contribution in [0.1, 0.15) is 24.3 Å². The molecule has 1 unspecified atom stereocenters. The van der Waals surface area contributed by atoms with Gasteiger partial charge in [-0.05, 0) is 24.5 Å². The molecule has 3 heterocycles. The van der Waals surface area contributed by atoms with Crippen LogP contribution in [0.2, 0.25) is 0 Å². The van der Waals surface area contributed by atoms with Gasteiger partial charge in [-0.15, -0.1) is 0 Å². The molecular weight excluding hydrogens is 401 g/mol. The van der Waals surface area contributed by atoms with Gasteiger partial charge in [0, 0.05) is 31.6 Å². The van der Waals surface area contributed by atoms with Crippen molar-refractivity contribution in [2.24, 2.45) is 0 Å². The molecule has 1 N–H and O–H groups in total. The summed E-state index contributed by atoms with van der Waals surface area (Å²) in [5.41, 5.74) is 2.87. The second-order valence-electron chi connectivity index (χ2n) is 8.68.